The van der Waals surface area contributed by atoms with Gasteiger partial charge in [0.2, 0.25) is 0 Å². The van der Waals surface area contributed by atoms with Crippen LogP contribution < -0.4 is 35.7 Å². The first-order valence-electron chi connectivity index (χ1n) is 16.0. The predicted molar refractivity (Wildman–Crippen MR) is 185 cm³/mol. The maximum atomic E-state index is 14.3. The topological polar surface area (TPSA) is 164 Å². The minimum Gasteiger partial charge on any atom is -0.505 e. The molecular formula is C37H36N2O9. The summed E-state index contributed by atoms with van der Waals surface area (Å²) in [5.41, 5.74) is 0.0565. The molecule has 2 saturated carbocycles. The zero-order valence-electron chi connectivity index (χ0n) is 27.3. The second-order valence-electron chi connectivity index (χ2n) is 13.7. The minimum absolute atomic E-state index is 0.0319. The highest BCUT2D eigenvalue weighted by atomic mass is 16.5. The molecule has 0 saturated heterocycles. The molecule has 248 valence electrons. The summed E-state index contributed by atoms with van der Waals surface area (Å²) in [6.07, 6.45) is 4.49. The molecule has 0 bridgehead atoms. The average molecular weight is 653 g/mol. The lowest BCUT2D eigenvalue weighted by Crippen LogP contribution is -2.27. The first-order chi connectivity index (χ1) is 23.0. The standard InChI is InChI=1S/C37H36N2O9/c1-15-10-17-23-28-25(34(45)32(17)38-36(13-40)6-7-36)19(44)12-21(47-4)26(28)27-20(46-3)11-18(43)24-30(27)29(23)31(22(15)16(2)42)35(48-5)33(24)39-37(14-41)8-9-37/h10-12,22,38-41,45H,6-9,13-14H2,1-5H3. The summed E-state index contributed by atoms with van der Waals surface area (Å²) in [5, 5.41) is 42.7. The Balaban J connectivity index is 1.76. The molecule has 48 heavy (non-hydrogen) atoms. The van der Waals surface area contributed by atoms with Crippen LogP contribution in [0.25, 0.3) is 49.2 Å². The van der Waals surface area contributed by atoms with Crippen LogP contribution in [-0.4, -0.2) is 66.7 Å². The van der Waals surface area contributed by atoms with E-state index in [1.54, 1.807) is 0 Å². The van der Waals surface area contributed by atoms with E-state index >= 15 is 0 Å². The summed E-state index contributed by atoms with van der Waals surface area (Å²) < 4.78 is 17.9. The van der Waals surface area contributed by atoms with E-state index in [0.717, 1.165) is 0 Å². The average Bonchev–Trinajstić information content (AvgIpc) is 4.00. The van der Waals surface area contributed by atoms with Crippen molar-refractivity contribution in [3.05, 3.63) is 49.3 Å². The van der Waals surface area contributed by atoms with Gasteiger partial charge in [0.05, 0.1) is 73.7 Å². The molecule has 8 rings (SSSR count). The van der Waals surface area contributed by atoms with Gasteiger partial charge in [-0.25, -0.2) is 0 Å². The van der Waals surface area contributed by atoms with Crippen molar-refractivity contribution in [1.82, 2.24) is 0 Å². The minimum atomic E-state index is -0.845. The van der Waals surface area contributed by atoms with Crippen LogP contribution in [0, 0.1) is 0 Å². The fourth-order valence-electron chi connectivity index (χ4n) is 8.02. The van der Waals surface area contributed by atoms with E-state index in [0.29, 0.717) is 80.4 Å². The number of ether oxygens (including phenoxy) is 3. The molecule has 0 heterocycles. The number of methoxy groups -OCH3 is 3. The number of rotatable bonds is 10. The zero-order chi connectivity index (χ0) is 34.0. The van der Waals surface area contributed by atoms with Crippen LogP contribution in [0.3, 0.4) is 0 Å². The molecule has 1 unspecified atom stereocenters. The molecule has 11 nitrogen and oxygen atoms in total. The Morgan fingerprint density at radius 1 is 0.771 bits per heavy atom. The lowest BCUT2D eigenvalue weighted by atomic mass is 9.80. The Bertz CT molecular complexity index is 2390. The van der Waals surface area contributed by atoms with Crippen molar-refractivity contribution in [2.45, 2.75) is 56.5 Å². The van der Waals surface area contributed by atoms with Gasteiger partial charge in [-0.05, 0) is 44.9 Å². The normalized spacial score (nSPS) is 18.7. The van der Waals surface area contributed by atoms with E-state index < -0.39 is 22.4 Å². The van der Waals surface area contributed by atoms with Crippen molar-refractivity contribution in [2.24, 2.45) is 0 Å². The van der Waals surface area contributed by atoms with Gasteiger partial charge in [0, 0.05) is 50.2 Å². The Kier molecular flexibility index (Phi) is 6.39. The number of anilines is 2. The van der Waals surface area contributed by atoms with Crippen LogP contribution in [0.5, 0.6) is 23.0 Å². The van der Waals surface area contributed by atoms with Gasteiger partial charge >= 0.3 is 0 Å². The van der Waals surface area contributed by atoms with Crippen molar-refractivity contribution < 1.29 is 34.3 Å². The lowest BCUT2D eigenvalue weighted by Gasteiger charge is -2.28. The van der Waals surface area contributed by atoms with Gasteiger partial charge in [0.25, 0.3) is 0 Å². The molecule has 0 aromatic heterocycles. The maximum absolute atomic E-state index is 14.3. The van der Waals surface area contributed by atoms with Gasteiger partial charge in [-0.2, -0.15) is 0 Å². The van der Waals surface area contributed by atoms with Gasteiger partial charge in [-0.1, -0.05) is 11.6 Å². The molecule has 11 heteroatoms. The number of Topliss-reactive ketones (excluding diaryl/α,β-unsaturated/α-hetero) is 1. The van der Waals surface area contributed by atoms with E-state index in [1.807, 2.05) is 13.0 Å². The molecule has 5 aromatic rings. The highest BCUT2D eigenvalue weighted by Gasteiger charge is 2.46. The van der Waals surface area contributed by atoms with Gasteiger partial charge in [0.15, 0.2) is 16.6 Å². The molecule has 0 radical (unpaired) electrons. The Morgan fingerprint density at radius 2 is 1.29 bits per heavy atom. The van der Waals surface area contributed by atoms with Gasteiger partial charge in [-0.15, -0.1) is 0 Å². The van der Waals surface area contributed by atoms with E-state index in [2.05, 4.69) is 10.6 Å². The van der Waals surface area contributed by atoms with Crippen LogP contribution in [0.4, 0.5) is 11.4 Å². The van der Waals surface area contributed by atoms with E-state index in [4.69, 9.17) is 14.2 Å². The molecule has 0 spiro atoms. The summed E-state index contributed by atoms with van der Waals surface area (Å²) in [6, 6.07) is 2.70. The second-order valence-corrected chi connectivity index (χ2v) is 13.7. The van der Waals surface area contributed by atoms with Crippen LogP contribution in [0.1, 0.15) is 56.6 Å². The number of ketones is 1. The van der Waals surface area contributed by atoms with Crippen LogP contribution >= 0.6 is 0 Å². The number of nitrogens with one attached hydrogen (secondary N) is 2. The number of phenols is 1. The van der Waals surface area contributed by atoms with Crippen LogP contribution in [-0.2, 0) is 4.79 Å². The van der Waals surface area contributed by atoms with E-state index in [-0.39, 0.29) is 63.9 Å². The fraction of sp³-hybridized carbons (Fsp3) is 0.378. The van der Waals surface area contributed by atoms with Crippen molar-refractivity contribution in [1.29, 1.82) is 0 Å². The number of hydrogen-bond acceptors (Lipinski definition) is 11. The number of phenolic OH excluding ortho intramolecular Hbond substituents is 1. The van der Waals surface area contributed by atoms with Crippen molar-refractivity contribution in [3.8, 4) is 23.0 Å². The molecule has 3 aliphatic carbocycles. The number of aliphatic hydroxyl groups is 2. The number of fused-ring (bicyclic) bond motifs is 1. The summed E-state index contributed by atoms with van der Waals surface area (Å²) in [5.74, 6) is -0.579. The van der Waals surface area contributed by atoms with Gasteiger partial charge < -0.3 is 40.2 Å². The third-order valence-electron chi connectivity index (χ3n) is 10.8. The number of allylic oxidation sites excluding steroid dienone is 1. The lowest BCUT2D eigenvalue weighted by molar-refractivity contribution is -0.117. The summed E-state index contributed by atoms with van der Waals surface area (Å²) >= 11 is 0. The van der Waals surface area contributed by atoms with Gasteiger partial charge in [-0.3, -0.25) is 14.4 Å². The first kappa shape index (κ1) is 30.5. The van der Waals surface area contributed by atoms with Crippen LogP contribution in [0.2, 0.25) is 0 Å². The number of benzene rings is 5. The fourth-order valence-corrected chi connectivity index (χ4v) is 8.02. The molecule has 5 N–H and O–H groups in total. The predicted octanol–water partition coefficient (Wildman–Crippen LogP) is 4.59. The van der Waals surface area contributed by atoms with Gasteiger partial charge in [0.1, 0.15) is 23.0 Å². The third kappa shape index (κ3) is 3.85. The molecule has 1 atom stereocenters. The number of aromatic hydroxyl groups is 1. The zero-order valence-corrected chi connectivity index (χ0v) is 27.3. The van der Waals surface area contributed by atoms with E-state index in [9.17, 15) is 29.7 Å². The molecule has 0 amide bonds. The smallest absolute Gasteiger partial charge is 0.194 e. The molecule has 2 fully saturated rings. The number of hydrogen-bond donors (Lipinski definition) is 5. The number of carbonyl (C=O) groups is 1. The summed E-state index contributed by atoms with van der Waals surface area (Å²) in [7, 11) is 4.39. The molecule has 5 aromatic carbocycles. The Morgan fingerprint density at radius 3 is 1.77 bits per heavy atom. The monoisotopic (exact) mass is 652 g/mol. The van der Waals surface area contributed by atoms with Crippen LogP contribution in [0.15, 0.2) is 27.3 Å². The highest BCUT2D eigenvalue weighted by Crippen LogP contribution is 2.59. The summed E-state index contributed by atoms with van der Waals surface area (Å²) in [6.45, 7) is 2.97. The number of carbonyl (C=O) groups excluding carboxylic acids is 1. The summed E-state index contributed by atoms with van der Waals surface area (Å²) in [4.78, 5) is 42.1. The highest BCUT2D eigenvalue weighted by molar-refractivity contribution is 6.40. The van der Waals surface area contributed by atoms with Crippen molar-refractivity contribution >= 4 is 66.3 Å². The third-order valence-corrected chi connectivity index (χ3v) is 10.8. The molecule has 3 aliphatic rings. The first-order valence-corrected chi connectivity index (χ1v) is 16.0. The SMILES string of the molecule is COc1c(NC2(CO)CC2)c2c(=O)cc(OC)c3c4c(OC)cc(=O)c5c(O)c(NC6(CO)CC6)c6c(c(c1C(C(C)=O)C(C)=C6)c23)c54. The second kappa shape index (κ2) is 10.1. The molecule has 0 aliphatic heterocycles. The largest absolute Gasteiger partial charge is 0.505 e. The Hall–Kier alpha value is -4.87. The molecular weight excluding hydrogens is 616 g/mol. The van der Waals surface area contributed by atoms with Crippen molar-refractivity contribution in [3.63, 3.8) is 0 Å². The Labute approximate surface area is 274 Å². The van der Waals surface area contributed by atoms with E-state index in [1.165, 1.54) is 40.4 Å². The maximum Gasteiger partial charge on any atom is 0.194 e. The van der Waals surface area contributed by atoms with Crippen molar-refractivity contribution in [2.75, 3.05) is 45.2 Å². The number of aliphatic hydroxyl groups excluding tert-OH is 2. The quantitative estimate of drug-likeness (QED) is 0.0815.